The van der Waals surface area contributed by atoms with Crippen LogP contribution in [-0.4, -0.2) is 31.2 Å². The van der Waals surface area contributed by atoms with Crippen LogP contribution in [0.25, 0.3) is 0 Å². The van der Waals surface area contributed by atoms with Gasteiger partial charge in [0.25, 0.3) is 0 Å². The van der Waals surface area contributed by atoms with Crippen molar-refractivity contribution in [1.82, 2.24) is 0 Å². The smallest absolute Gasteiger partial charge is 0.416 e. The van der Waals surface area contributed by atoms with E-state index in [2.05, 4.69) is 5.16 Å². The molecule has 0 bridgehead atoms. The molecule has 1 saturated carbocycles. The van der Waals surface area contributed by atoms with E-state index in [0.717, 1.165) is 44.4 Å². The molecule has 1 aromatic rings. The molecule has 3 rings (SSSR count). The van der Waals surface area contributed by atoms with Gasteiger partial charge in [-0.2, -0.15) is 13.2 Å². The summed E-state index contributed by atoms with van der Waals surface area (Å²) >= 11 is 0. The standard InChI is InChI=1S/C17H16F3NO4/c1-9-7-11(17(18,19)20)5-6-12(9)13(22)16(15(23)24-2)8-21-25-14(16)10-3-4-10/h5-8,10,14H,3-4H2,1-2H3. The number of aryl methyl sites for hydroxylation is 1. The number of hydrogen-bond acceptors (Lipinski definition) is 5. The van der Waals surface area contributed by atoms with E-state index < -0.39 is 35.0 Å². The van der Waals surface area contributed by atoms with Gasteiger partial charge in [0.15, 0.2) is 11.9 Å². The lowest BCUT2D eigenvalue weighted by Crippen LogP contribution is -2.50. The summed E-state index contributed by atoms with van der Waals surface area (Å²) in [6.45, 7) is 1.40. The average molecular weight is 355 g/mol. The summed E-state index contributed by atoms with van der Waals surface area (Å²) in [6.07, 6.45) is -2.63. The van der Waals surface area contributed by atoms with Crippen molar-refractivity contribution in [2.24, 2.45) is 16.5 Å². The highest BCUT2D eigenvalue weighted by atomic mass is 19.4. The Bertz CT molecular complexity index is 755. The van der Waals surface area contributed by atoms with E-state index in [0.29, 0.717) is 0 Å². The highest BCUT2D eigenvalue weighted by Crippen LogP contribution is 2.47. The third-order valence-electron chi connectivity index (χ3n) is 4.63. The van der Waals surface area contributed by atoms with E-state index in [1.165, 1.54) is 6.92 Å². The van der Waals surface area contributed by atoms with E-state index in [-0.39, 0.29) is 17.0 Å². The highest BCUT2D eigenvalue weighted by molar-refractivity contribution is 6.24. The van der Waals surface area contributed by atoms with Gasteiger partial charge < -0.3 is 9.57 Å². The van der Waals surface area contributed by atoms with Crippen molar-refractivity contribution in [1.29, 1.82) is 0 Å². The summed E-state index contributed by atoms with van der Waals surface area (Å²) in [6, 6.07) is 2.79. The fourth-order valence-corrected chi connectivity index (χ4v) is 3.13. The maximum Gasteiger partial charge on any atom is 0.416 e. The molecule has 134 valence electrons. The van der Waals surface area contributed by atoms with Crippen molar-refractivity contribution < 1.29 is 32.3 Å². The Labute approximate surface area is 141 Å². The lowest BCUT2D eigenvalue weighted by molar-refractivity contribution is -0.151. The Hall–Kier alpha value is -2.38. The number of rotatable bonds is 4. The third kappa shape index (κ3) is 2.79. The zero-order valence-electron chi connectivity index (χ0n) is 13.6. The van der Waals surface area contributed by atoms with Crippen LogP contribution in [0.5, 0.6) is 0 Å². The molecular weight excluding hydrogens is 339 g/mol. The molecule has 0 radical (unpaired) electrons. The number of alkyl halides is 3. The first-order chi connectivity index (χ1) is 11.7. The molecule has 8 heteroatoms. The van der Waals surface area contributed by atoms with Gasteiger partial charge in [0.05, 0.1) is 18.9 Å². The normalized spacial score (nSPS) is 25.6. The minimum Gasteiger partial charge on any atom is -0.468 e. The molecule has 2 atom stereocenters. The fraction of sp³-hybridized carbons (Fsp3) is 0.471. The number of carbonyl (C=O) groups is 2. The molecule has 0 N–H and O–H groups in total. The number of carbonyl (C=O) groups excluding carboxylic acids is 2. The maximum atomic E-state index is 13.1. The van der Waals surface area contributed by atoms with Crippen LogP contribution in [0.3, 0.4) is 0 Å². The molecule has 1 heterocycles. The Balaban J connectivity index is 2.05. The minimum atomic E-state index is -4.51. The summed E-state index contributed by atoms with van der Waals surface area (Å²) in [5.41, 5.74) is -2.48. The van der Waals surface area contributed by atoms with Crippen molar-refractivity contribution in [2.75, 3.05) is 7.11 Å². The van der Waals surface area contributed by atoms with Crippen molar-refractivity contribution in [3.8, 4) is 0 Å². The second kappa shape index (κ2) is 5.86. The van der Waals surface area contributed by atoms with Gasteiger partial charge in [0, 0.05) is 11.5 Å². The monoisotopic (exact) mass is 355 g/mol. The molecule has 0 aromatic heterocycles. The lowest BCUT2D eigenvalue weighted by atomic mass is 9.74. The number of benzene rings is 1. The number of nitrogens with zero attached hydrogens (tertiary/aromatic N) is 1. The summed E-state index contributed by atoms with van der Waals surface area (Å²) in [4.78, 5) is 30.8. The summed E-state index contributed by atoms with van der Waals surface area (Å²) in [7, 11) is 1.15. The molecule has 0 amide bonds. The number of ether oxygens (including phenoxy) is 1. The van der Waals surface area contributed by atoms with Crippen LogP contribution in [0.15, 0.2) is 23.4 Å². The molecule has 1 aliphatic heterocycles. The zero-order chi connectivity index (χ0) is 18.4. The average Bonchev–Trinajstić information content (AvgIpc) is 3.31. The van der Waals surface area contributed by atoms with E-state index in [1.807, 2.05) is 0 Å². The number of hydrogen-bond donors (Lipinski definition) is 0. The van der Waals surface area contributed by atoms with Gasteiger partial charge in [-0.15, -0.1) is 0 Å². The Morgan fingerprint density at radius 3 is 2.52 bits per heavy atom. The number of oxime groups is 1. The molecule has 5 nitrogen and oxygen atoms in total. The number of methoxy groups -OCH3 is 1. The molecule has 2 unspecified atom stereocenters. The summed E-state index contributed by atoms with van der Waals surface area (Å²) in [5, 5.41) is 3.66. The Kier molecular flexibility index (Phi) is 4.09. The van der Waals surface area contributed by atoms with Gasteiger partial charge in [-0.1, -0.05) is 11.2 Å². The molecular formula is C17H16F3NO4. The van der Waals surface area contributed by atoms with Crippen LogP contribution in [0.2, 0.25) is 0 Å². The molecule has 0 spiro atoms. The van der Waals surface area contributed by atoms with Crippen LogP contribution < -0.4 is 0 Å². The summed E-state index contributed by atoms with van der Waals surface area (Å²) in [5.74, 6) is -1.50. The van der Waals surface area contributed by atoms with Crippen molar-refractivity contribution >= 4 is 18.0 Å². The van der Waals surface area contributed by atoms with Crippen molar-refractivity contribution in [2.45, 2.75) is 32.0 Å². The van der Waals surface area contributed by atoms with Crippen LogP contribution in [-0.2, 0) is 20.5 Å². The first-order valence-electron chi connectivity index (χ1n) is 7.73. The predicted molar refractivity (Wildman–Crippen MR) is 81.0 cm³/mol. The second-order valence-corrected chi connectivity index (χ2v) is 6.32. The number of esters is 1. The van der Waals surface area contributed by atoms with Crippen LogP contribution in [0, 0.1) is 18.3 Å². The van der Waals surface area contributed by atoms with Crippen LogP contribution in [0.1, 0.15) is 34.3 Å². The predicted octanol–water partition coefficient (Wildman–Crippen LogP) is 3.15. The number of ketones is 1. The van der Waals surface area contributed by atoms with E-state index >= 15 is 0 Å². The van der Waals surface area contributed by atoms with Gasteiger partial charge in [0.1, 0.15) is 0 Å². The van der Waals surface area contributed by atoms with E-state index in [9.17, 15) is 22.8 Å². The maximum absolute atomic E-state index is 13.1. The zero-order valence-corrected chi connectivity index (χ0v) is 13.6. The second-order valence-electron chi connectivity index (χ2n) is 6.32. The quantitative estimate of drug-likeness (QED) is 0.473. The van der Waals surface area contributed by atoms with Crippen molar-refractivity contribution in [3.63, 3.8) is 0 Å². The van der Waals surface area contributed by atoms with Crippen LogP contribution >= 0.6 is 0 Å². The largest absolute Gasteiger partial charge is 0.468 e. The SMILES string of the molecule is COC(=O)C1(C(=O)c2ccc(C(F)(F)F)cc2C)C=NOC1C1CC1. The first kappa shape index (κ1) is 17.4. The fourth-order valence-electron chi connectivity index (χ4n) is 3.13. The van der Waals surface area contributed by atoms with Gasteiger partial charge in [-0.25, -0.2) is 0 Å². The molecule has 1 fully saturated rings. The van der Waals surface area contributed by atoms with Crippen LogP contribution in [0.4, 0.5) is 13.2 Å². The van der Waals surface area contributed by atoms with Gasteiger partial charge in [-0.05, 0) is 37.5 Å². The Morgan fingerprint density at radius 1 is 1.32 bits per heavy atom. The molecule has 1 aliphatic carbocycles. The van der Waals surface area contributed by atoms with Gasteiger partial charge in [-0.3, -0.25) is 9.59 Å². The van der Waals surface area contributed by atoms with Crippen molar-refractivity contribution in [3.05, 3.63) is 34.9 Å². The molecule has 25 heavy (non-hydrogen) atoms. The third-order valence-corrected chi connectivity index (χ3v) is 4.63. The Morgan fingerprint density at radius 2 is 2.00 bits per heavy atom. The summed E-state index contributed by atoms with van der Waals surface area (Å²) < 4.78 is 43.3. The van der Waals surface area contributed by atoms with E-state index in [1.54, 1.807) is 0 Å². The number of halogens is 3. The molecule has 2 aliphatic rings. The number of Topliss-reactive ketones (excluding diaryl/α,β-unsaturated/α-hetero) is 1. The topological polar surface area (TPSA) is 65.0 Å². The lowest BCUT2D eigenvalue weighted by Gasteiger charge is -2.27. The molecule has 0 saturated heterocycles. The van der Waals surface area contributed by atoms with Gasteiger partial charge >= 0.3 is 12.1 Å². The minimum absolute atomic E-state index is 0.0136. The van der Waals surface area contributed by atoms with Gasteiger partial charge in [0.2, 0.25) is 5.41 Å². The molecule has 1 aromatic carbocycles. The van der Waals surface area contributed by atoms with E-state index in [4.69, 9.17) is 9.57 Å². The first-order valence-corrected chi connectivity index (χ1v) is 7.73. The highest BCUT2D eigenvalue weighted by Gasteiger charge is 2.61.